The standard InChI is InChI=1S/C16H22ClF3N4/c1-21-15(23-9-13-4-2-3-5-14(13)17)22-8-12-6-7-24(10-12)11-16(18,19)20/h2-5,12H,6-11H2,1H3,(H2,21,22,23). The summed E-state index contributed by atoms with van der Waals surface area (Å²) in [5, 5.41) is 7.01. The van der Waals surface area contributed by atoms with Gasteiger partial charge in [-0.05, 0) is 30.5 Å². The molecule has 0 radical (unpaired) electrons. The summed E-state index contributed by atoms with van der Waals surface area (Å²) in [5.74, 6) is 0.801. The third-order valence-corrected chi connectivity index (χ3v) is 4.33. The summed E-state index contributed by atoms with van der Waals surface area (Å²) >= 11 is 6.10. The summed E-state index contributed by atoms with van der Waals surface area (Å²) in [5.41, 5.74) is 0.958. The van der Waals surface area contributed by atoms with Gasteiger partial charge in [0.2, 0.25) is 0 Å². The van der Waals surface area contributed by atoms with Crippen LogP contribution in [0.15, 0.2) is 29.3 Å². The van der Waals surface area contributed by atoms with E-state index < -0.39 is 12.7 Å². The Labute approximate surface area is 145 Å². The van der Waals surface area contributed by atoms with Crippen molar-refractivity contribution < 1.29 is 13.2 Å². The first-order valence-corrected chi connectivity index (χ1v) is 8.22. The number of benzene rings is 1. The molecule has 1 aliphatic heterocycles. The number of halogens is 4. The van der Waals surface area contributed by atoms with Crippen molar-refractivity contribution >= 4 is 17.6 Å². The van der Waals surface area contributed by atoms with Crippen LogP contribution in [0, 0.1) is 5.92 Å². The average molecular weight is 363 g/mol. The number of rotatable bonds is 5. The number of likely N-dealkylation sites (tertiary alicyclic amines) is 1. The Kier molecular flexibility index (Phi) is 6.74. The molecule has 1 aromatic rings. The normalized spacial score (nSPS) is 19.5. The maximum Gasteiger partial charge on any atom is 0.401 e. The molecule has 24 heavy (non-hydrogen) atoms. The molecular formula is C16H22ClF3N4. The van der Waals surface area contributed by atoms with E-state index in [9.17, 15) is 13.2 Å². The monoisotopic (exact) mass is 362 g/mol. The molecule has 0 spiro atoms. The number of nitrogens with zero attached hydrogens (tertiary/aromatic N) is 2. The van der Waals surface area contributed by atoms with Crippen LogP contribution in [0.4, 0.5) is 13.2 Å². The predicted octanol–water partition coefficient (Wildman–Crippen LogP) is 2.89. The third-order valence-electron chi connectivity index (χ3n) is 3.96. The topological polar surface area (TPSA) is 39.7 Å². The van der Waals surface area contributed by atoms with Crippen LogP contribution in [0.3, 0.4) is 0 Å². The van der Waals surface area contributed by atoms with Gasteiger partial charge in [-0.3, -0.25) is 9.89 Å². The summed E-state index contributed by atoms with van der Waals surface area (Å²) in [6.45, 7) is 1.23. The Bertz CT molecular complexity index is 562. The fourth-order valence-corrected chi connectivity index (χ4v) is 2.96. The molecule has 1 fully saturated rings. The van der Waals surface area contributed by atoms with Gasteiger partial charge in [0.25, 0.3) is 0 Å². The average Bonchev–Trinajstić information content (AvgIpc) is 2.94. The number of nitrogens with one attached hydrogen (secondary N) is 2. The quantitative estimate of drug-likeness (QED) is 0.625. The minimum atomic E-state index is -4.13. The Morgan fingerprint density at radius 3 is 2.75 bits per heavy atom. The van der Waals surface area contributed by atoms with Crippen LogP contribution in [0.2, 0.25) is 5.02 Å². The van der Waals surface area contributed by atoms with Crippen molar-refractivity contribution in [1.82, 2.24) is 15.5 Å². The highest BCUT2D eigenvalue weighted by Gasteiger charge is 2.34. The highest BCUT2D eigenvalue weighted by Crippen LogP contribution is 2.22. The van der Waals surface area contributed by atoms with E-state index in [2.05, 4.69) is 15.6 Å². The second-order valence-electron chi connectivity index (χ2n) is 5.90. The SMILES string of the molecule is CN=C(NCc1ccccc1Cl)NCC1CCN(CC(F)(F)F)C1. The number of hydrogen-bond donors (Lipinski definition) is 2. The van der Waals surface area contributed by atoms with Crippen LogP contribution < -0.4 is 10.6 Å². The fourth-order valence-electron chi connectivity index (χ4n) is 2.76. The largest absolute Gasteiger partial charge is 0.401 e. The third kappa shape index (κ3) is 6.20. The molecule has 0 saturated carbocycles. The van der Waals surface area contributed by atoms with Crippen molar-refractivity contribution in [3.8, 4) is 0 Å². The molecule has 0 bridgehead atoms. The second-order valence-corrected chi connectivity index (χ2v) is 6.31. The smallest absolute Gasteiger partial charge is 0.356 e. The lowest BCUT2D eigenvalue weighted by Crippen LogP contribution is -2.40. The van der Waals surface area contributed by atoms with Crippen molar-refractivity contribution in [2.75, 3.05) is 33.2 Å². The van der Waals surface area contributed by atoms with Crippen LogP contribution in [0.1, 0.15) is 12.0 Å². The zero-order valence-electron chi connectivity index (χ0n) is 13.5. The molecule has 0 aliphatic carbocycles. The molecule has 2 rings (SSSR count). The number of aliphatic imine (C=N–C) groups is 1. The molecular weight excluding hydrogens is 341 g/mol. The molecule has 1 atom stereocenters. The van der Waals surface area contributed by atoms with Gasteiger partial charge in [-0.1, -0.05) is 29.8 Å². The lowest BCUT2D eigenvalue weighted by Gasteiger charge is -2.18. The first-order valence-electron chi connectivity index (χ1n) is 7.84. The predicted molar refractivity (Wildman–Crippen MR) is 90.3 cm³/mol. The summed E-state index contributed by atoms with van der Waals surface area (Å²) < 4.78 is 37.2. The molecule has 8 heteroatoms. The molecule has 134 valence electrons. The second kappa shape index (κ2) is 8.58. The van der Waals surface area contributed by atoms with Crippen LogP contribution in [0.25, 0.3) is 0 Å². The minimum absolute atomic E-state index is 0.186. The Morgan fingerprint density at radius 2 is 2.08 bits per heavy atom. The van der Waals surface area contributed by atoms with Crippen LogP contribution >= 0.6 is 11.6 Å². The molecule has 2 N–H and O–H groups in total. The molecule has 1 aliphatic rings. The van der Waals surface area contributed by atoms with E-state index >= 15 is 0 Å². The van der Waals surface area contributed by atoms with Crippen molar-refractivity contribution in [3.05, 3.63) is 34.9 Å². The van der Waals surface area contributed by atoms with Crippen molar-refractivity contribution in [1.29, 1.82) is 0 Å². The number of alkyl halides is 3. The first kappa shape index (κ1) is 18.9. The van der Waals surface area contributed by atoms with E-state index in [1.54, 1.807) is 7.05 Å². The van der Waals surface area contributed by atoms with Gasteiger partial charge in [0, 0.05) is 31.7 Å². The van der Waals surface area contributed by atoms with E-state index in [4.69, 9.17) is 11.6 Å². The van der Waals surface area contributed by atoms with Gasteiger partial charge >= 0.3 is 6.18 Å². The molecule has 1 unspecified atom stereocenters. The Morgan fingerprint density at radius 1 is 1.33 bits per heavy atom. The molecule has 0 aromatic heterocycles. The summed E-state index contributed by atoms with van der Waals surface area (Å²) in [6, 6.07) is 7.52. The van der Waals surface area contributed by atoms with Gasteiger partial charge in [0.05, 0.1) is 6.54 Å². The van der Waals surface area contributed by atoms with Gasteiger partial charge in [-0.2, -0.15) is 13.2 Å². The van der Waals surface area contributed by atoms with E-state index in [1.165, 1.54) is 4.90 Å². The van der Waals surface area contributed by atoms with Crippen LogP contribution in [-0.2, 0) is 6.54 Å². The number of hydrogen-bond acceptors (Lipinski definition) is 2. The highest BCUT2D eigenvalue weighted by molar-refractivity contribution is 6.31. The van der Waals surface area contributed by atoms with E-state index in [-0.39, 0.29) is 5.92 Å². The van der Waals surface area contributed by atoms with E-state index in [0.717, 1.165) is 12.0 Å². The fraction of sp³-hybridized carbons (Fsp3) is 0.562. The molecule has 1 heterocycles. The lowest BCUT2D eigenvalue weighted by atomic mass is 10.1. The van der Waals surface area contributed by atoms with Crippen molar-refractivity contribution in [2.45, 2.75) is 19.1 Å². The van der Waals surface area contributed by atoms with Crippen molar-refractivity contribution in [3.63, 3.8) is 0 Å². The summed E-state index contributed by atoms with van der Waals surface area (Å²) in [4.78, 5) is 5.58. The maximum absolute atomic E-state index is 12.4. The Hall–Kier alpha value is -1.47. The lowest BCUT2D eigenvalue weighted by molar-refractivity contribution is -0.143. The van der Waals surface area contributed by atoms with Crippen LogP contribution in [-0.4, -0.2) is 50.3 Å². The highest BCUT2D eigenvalue weighted by atomic mass is 35.5. The van der Waals surface area contributed by atoms with Crippen molar-refractivity contribution in [2.24, 2.45) is 10.9 Å². The van der Waals surface area contributed by atoms with E-state index in [1.807, 2.05) is 24.3 Å². The first-order chi connectivity index (χ1) is 11.4. The number of guanidine groups is 1. The van der Waals surface area contributed by atoms with Gasteiger partial charge < -0.3 is 10.6 Å². The van der Waals surface area contributed by atoms with Gasteiger partial charge in [-0.25, -0.2) is 0 Å². The molecule has 1 saturated heterocycles. The minimum Gasteiger partial charge on any atom is -0.356 e. The molecule has 0 amide bonds. The summed E-state index contributed by atoms with van der Waals surface area (Å²) in [7, 11) is 1.66. The maximum atomic E-state index is 12.4. The van der Waals surface area contributed by atoms with Gasteiger partial charge in [-0.15, -0.1) is 0 Å². The zero-order valence-corrected chi connectivity index (χ0v) is 14.3. The molecule has 1 aromatic carbocycles. The Balaban J connectivity index is 1.73. The van der Waals surface area contributed by atoms with E-state index in [0.29, 0.717) is 37.2 Å². The van der Waals surface area contributed by atoms with Crippen LogP contribution in [0.5, 0.6) is 0 Å². The zero-order chi connectivity index (χ0) is 17.6. The van der Waals surface area contributed by atoms with Gasteiger partial charge in [0.15, 0.2) is 5.96 Å². The van der Waals surface area contributed by atoms with Gasteiger partial charge in [0.1, 0.15) is 0 Å². The summed E-state index contributed by atoms with van der Waals surface area (Å²) in [6.07, 6.45) is -3.38. The molecule has 4 nitrogen and oxygen atoms in total.